The smallest absolute Gasteiger partial charge is 0.201 e. The summed E-state index contributed by atoms with van der Waals surface area (Å²) in [7, 11) is 1.65. The van der Waals surface area contributed by atoms with E-state index in [4.69, 9.17) is 17.0 Å². The van der Waals surface area contributed by atoms with Crippen molar-refractivity contribution < 1.29 is 4.74 Å². The van der Waals surface area contributed by atoms with Gasteiger partial charge in [0.05, 0.1) is 12.8 Å². The molecule has 2 aromatic rings. The van der Waals surface area contributed by atoms with Gasteiger partial charge in [-0.15, -0.1) is 11.3 Å². The summed E-state index contributed by atoms with van der Waals surface area (Å²) in [6.07, 6.45) is 0. The lowest BCUT2D eigenvalue weighted by Crippen LogP contribution is -2.38. The summed E-state index contributed by atoms with van der Waals surface area (Å²) < 4.78 is 5.11. The molecule has 0 aliphatic heterocycles. The van der Waals surface area contributed by atoms with Gasteiger partial charge in [0.1, 0.15) is 5.75 Å². The normalized spacial score (nSPS) is 9.90. The fourth-order valence-corrected chi connectivity index (χ4v) is 2.26. The van der Waals surface area contributed by atoms with Gasteiger partial charge in [-0.2, -0.15) is 0 Å². The van der Waals surface area contributed by atoms with Crippen molar-refractivity contribution >= 4 is 33.8 Å². The molecular formula is C13H16N4OS2. The summed E-state index contributed by atoms with van der Waals surface area (Å²) in [5.41, 5.74) is 7.96. The van der Waals surface area contributed by atoms with Crippen LogP contribution in [-0.2, 0) is 6.54 Å². The van der Waals surface area contributed by atoms with Crippen molar-refractivity contribution in [1.29, 1.82) is 0 Å². The fraction of sp³-hybridized carbons (Fsp3) is 0.231. The Morgan fingerprint density at radius 2 is 2.10 bits per heavy atom. The van der Waals surface area contributed by atoms with E-state index in [-0.39, 0.29) is 0 Å². The predicted molar refractivity (Wildman–Crippen MR) is 86.0 cm³/mol. The lowest BCUT2D eigenvalue weighted by Gasteiger charge is -2.11. The van der Waals surface area contributed by atoms with Gasteiger partial charge in [-0.05, 0) is 36.8 Å². The van der Waals surface area contributed by atoms with E-state index < -0.39 is 0 Å². The lowest BCUT2D eigenvalue weighted by molar-refractivity contribution is 0.414. The van der Waals surface area contributed by atoms with Gasteiger partial charge in [-0.1, -0.05) is 12.1 Å². The molecule has 7 heteroatoms. The number of aromatic nitrogens is 1. The quantitative estimate of drug-likeness (QED) is 0.583. The third kappa shape index (κ3) is 4.36. The molecule has 1 aromatic carbocycles. The maximum absolute atomic E-state index is 5.18. The van der Waals surface area contributed by atoms with Crippen LogP contribution in [0, 0.1) is 6.92 Å². The summed E-state index contributed by atoms with van der Waals surface area (Å²) in [4.78, 5) is 4.26. The number of hydrazine groups is 1. The summed E-state index contributed by atoms with van der Waals surface area (Å²) >= 11 is 6.70. The molecule has 2 rings (SSSR count). The highest BCUT2D eigenvalue weighted by Gasteiger charge is 2.00. The molecule has 20 heavy (non-hydrogen) atoms. The number of hydrogen-bond acceptors (Lipinski definition) is 5. The molecule has 1 aromatic heterocycles. The first-order chi connectivity index (χ1) is 9.67. The SMILES string of the molecule is COc1ccc(CNC(=S)NNc2nc(C)cs2)cc1. The summed E-state index contributed by atoms with van der Waals surface area (Å²) in [5, 5.41) is 6.39. The van der Waals surface area contributed by atoms with Gasteiger partial charge in [0.25, 0.3) is 0 Å². The summed E-state index contributed by atoms with van der Waals surface area (Å²) in [6, 6.07) is 7.83. The second-order valence-electron chi connectivity index (χ2n) is 4.07. The third-order valence-electron chi connectivity index (χ3n) is 2.51. The highest BCUT2D eigenvalue weighted by molar-refractivity contribution is 7.80. The second kappa shape index (κ2) is 7.06. The number of nitrogens with zero attached hydrogens (tertiary/aromatic N) is 1. The zero-order chi connectivity index (χ0) is 14.4. The lowest BCUT2D eigenvalue weighted by atomic mass is 10.2. The van der Waals surface area contributed by atoms with Crippen LogP contribution < -0.4 is 20.9 Å². The van der Waals surface area contributed by atoms with E-state index >= 15 is 0 Å². The topological polar surface area (TPSA) is 58.2 Å². The van der Waals surface area contributed by atoms with E-state index in [0.29, 0.717) is 11.7 Å². The van der Waals surface area contributed by atoms with Gasteiger partial charge < -0.3 is 10.1 Å². The zero-order valence-electron chi connectivity index (χ0n) is 11.3. The molecule has 0 atom stereocenters. The zero-order valence-corrected chi connectivity index (χ0v) is 12.9. The van der Waals surface area contributed by atoms with Crippen LogP contribution in [0.1, 0.15) is 11.3 Å². The molecule has 0 saturated heterocycles. The van der Waals surface area contributed by atoms with Crippen LogP contribution in [0.25, 0.3) is 0 Å². The molecule has 5 nitrogen and oxygen atoms in total. The van der Waals surface area contributed by atoms with Gasteiger partial charge in [0, 0.05) is 11.9 Å². The Kier molecular flexibility index (Phi) is 5.14. The largest absolute Gasteiger partial charge is 0.497 e. The van der Waals surface area contributed by atoms with E-state index in [9.17, 15) is 0 Å². The van der Waals surface area contributed by atoms with Crippen molar-refractivity contribution in [3.05, 3.63) is 40.9 Å². The Hall–Kier alpha value is -1.86. The molecule has 0 aliphatic carbocycles. The van der Waals surface area contributed by atoms with E-state index in [0.717, 1.165) is 22.1 Å². The van der Waals surface area contributed by atoms with Crippen molar-refractivity contribution in [2.45, 2.75) is 13.5 Å². The molecule has 0 unspecified atom stereocenters. The molecule has 0 bridgehead atoms. The molecule has 1 heterocycles. The van der Waals surface area contributed by atoms with Crippen LogP contribution in [0.2, 0.25) is 0 Å². The summed E-state index contributed by atoms with van der Waals surface area (Å²) in [5.74, 6) is 0.843. The third-order valence-corrected chi connectivity index (χ3v) is 3.64. The van der Waals surface area contributed by atoms with E-state index in [1.165, 1.54) is 11.3 Å². The Balaban J connectivity index is 1.74. The highest BCUT2D eigenvalue weighted by Crippen LogP contribution is 2.13. The number of rotatable bonds is 5. The Morgan fingerprint density at radius 1 is 1.35 bits per heavy atom. The van der Waals surface area contributed by atoms with Crippen LogP contribution in [0.3, 0.4) is 0 Å². The first kappa shape index (κ1) is 14.5. The van der Waals surface area contributed by atoms with Crippen LogP contribution in [0.4, 0.5) is 5.13 Å². The van der Waals surface area contributed by atoms with Gasteiger partial charge in [-0.3, -0.25) is 10.9 Å². The molecule has 0 spiro atoms. The van der Waals surface area contributed by atoms with Gasteiger partial charge in [0.15, 0.2) is 5.11 Å². The van der Waals surface area contributed by atoms with Crippen LogP contribution >= 0.6 is 23.6 Å². The molecule has 0 aliphatic rings. The number of methoxy groups -OCH3 is 1. The fourth-order valence-electron chi connectivity index (χ4n) is 1.49. The number of ether oxygens (including phenoxy) is 1. The minimum atomic E-state index is 0.522. The first-order valence-corrected chi connectivity index (χ1v) is 7.31. The predicted octanol–water partition coefficient (Wildman–Crippen LogP) is 2.45. The second-order valence-corrected chi connectivity index (χ2v) is 5.34. The van der Waals surface area contributed by atoms with Crippen molar-refractivity contribution in [1.82, 2.24) is 15.7 Å². The van der Waals surface area contributed by atoms with Crippen molar-refractivity contribution in [3.8, 4) is 5.75 Å². The van der Waals surface area contributed by atoms with Crippen molar-refractivity contribution in [3.63, 3.8) is 0 Å². The Morgan fingerprint density at radius 3 is 2.70 bits per heavy atom. The number of anilines is 1. The van der Waals surface area contributed by atoms with Crippen molar-refractivity contribution in [2.75, 3.05) is 12.5 Å². The number of hydrogen-bond donors (Lipinski definition) is 3. The monoisotopic (exact) mass is 308 g/mol. The molecule has 0 amide bonds. The molecule has 3 N–H and O–H groups in total. The molecule has 106 valence electrons. The molecule has 0 radical (unpaired) electrons. The van der Waals surface area contributed by atoms with E-state index in [1.807, 2.05) is 36.6 Å². The van der Waals surface area contributed by atoms with Gasteiger partial charge >= 0.3 is 0 Å². The molecule has 0 saturated carbocycles. The van der Waals surface area contributed by atoms with Crippen LogP contribution in [-0.4, -0.2) is 17.2 Å². The van der Waals surface area contributed by atoms with Crippen molar-refractivity contribution in [2.24, 2.45) is 0 Å². The van der Waals surface area contributed by atoms with E-state index in [2.05, 4.69) is 21.2 Å². The average Bonchev–Trinajstić information content (AvgIpc) is 2.89. The number of aryl methyl sites for hydroxylation is 1. The highest BCUT2D eigenvalue weighted by atomic mass is 32.1. The van der Waals surface area contributed by atoms with Crippen LogP contribution in [0.5, 0.6) is 5.75 Å². The summed E-state index contributed by atoms with van der Waals surface area (Å²) in [6.45, 7) is 2.59. The maximum Gasteiger partial charge on any atom is 0.201 e. The molecule has 0 fully saturated rings. The van der Waals surface area contributed by atoms with Gasteiger partial charge in [-0.25, -0.2) is 4.98 Å². The first-order valence-electron chi connectivity index (χ1n) is 6.02. The Labute approximate surface area is 127 Å². The van der Waals surface area contributed by atoms with Gasteiger partial charge in [0.2, 0.25) is 5.13 Å². The number of thiocarbonyl (C=S) groups is 1. The standard InChI is InChI=1S/C13H16N4OS2/c1-9-8-20-13(15-9)17-16-12(19)14-7-10-3-5-11(18-2)6-4-10/h3-6,8H,7H2,1-2H3,(H,15,17)(H2,14,16,19). The number of benzene rings is 1. The minimum absolute atomic E-state index is 0.522. The molecular weight excluding hydrogens is 292 g/mol. The maximum atomic E-state index is 5.18. The van der Waals surface area contributed by atoms with Crippen LogP contribution in [0.15, 0.2) is 29.6 Å². The number of nitrogens with one attached hydrogen (secondary N) is 3. The average molecular weight is 308 g/mol. The Bertz CT molecular complexity index is 568. The number of thiazole rings is 1. The minimum Gasteiger partial charge on any atom is -0.497 e. The van der Waals surface area contributed by atoms with E-state index in [1.54, 1.807) is 7.11 Å².